The summed E-state index contributed by atoms with van der Waals surface area (Å²) in [6.07, 6.45) is -0.200. The minimum atomic E-state index is -1.25. The molecule has 1 heterocycles. The van der Waals surface area contributed by atoms with Gasteiger partial charge in [0.1, 0.15) is 6.04 Å². The number of aliphatic carboxylic acids is 1. The second-order valence-corrected chi connectivity index (χ2v) is 3.96. The minimum absolute atomic E-state index is 0.0200. The van der Waals surface area contributed by atoms with Crippen LogP contribution in [0.3, 0.4) is 0 Å². The van der Waals surface area contributed by atoms with Crippen molar-refractivity contribution in [1.29, 1.82) is 0 Å². The van der Waals surface area contributed by atoms with Crippen LogP contribution in [-0.2, 0) is 14.3 Å². The van der Waals surface area contributed by atoms with Crippen LogP contribution in [0.25, 0.3) is 0 Å². The van der Waals surface area contributed by atoms with Gasteiger partial charge >= 0.3 is 11.9 Å². The number of nitrogens with one attached hydrogen (secondary N) is 1. The third-order valence-electron chi connectivity index (χ3n) is 2.27. The number of carboxylic acid groups (broad SMARTS) is 1. The van der Waals surface area contributed by atoms with Gasteiger partial charge in [0.15, 0.2) is 11.0 Å². The van der Waals surface area contributed by atoms with Crippen molar-refractivity contribution in [2.24, 2.45) is 0 Å². The molecule has 0 aliphatic heterocycles. The van der Waals surface area contributed by atoms with Gasteiger partial charge in [0.2, 0.25) is 0 Å². The number of hydrogen-bond donors (Lipinski definition) is 2. The quantitative estimate of drug-likeness (QED) is 0.759. The Bertz CT molecular complexity index is 483. The van der Waals surface area contributed by atoms with E-state index in [1.54, 1.807) is 0 Å². The van der Waals surface area contributed by atoms with Crippen LogP contribution in [0.4, 0.5) is 0 Å². The third kappa shape index (κ3) is 4.63. The molecular formula is C11H12ClNO6. The Balaban J connectivity index is 2.61. The lowest BCUT2D eigenvalue weighted by atomic mass is 10.1. The van der Waals surface area contributed by atoms with Gasteiger partial charge in [-0.05, 0) is 30.2 Å². The molecule has 19 heavy (non-hydrogen) atoms. The number of carbonyl (C=O) groups is 3. The number of halogens is 1. The third-order valence-corrected chi connectivity index (χ3v) is 2.47. The first-order valence-corrected chi connectivity index (χ1v) is 5.67. The molecule has 0 aliphatic rings. The van der Waals surface area contributed by atoms with Crippen LogP contribution < -0.4 is 5.32 Å². The van der Waals surface area contributed by atoms with Crippen LogP contribution in [0.15, 0.2) is 16.5 Å². The number of hydrogen-bond acceptors (Lipinski definition) is 5. The molecule has 0 radical (unpaired) electrons. The lowest BCUT2D eigenvalue weighted by Gasteiger charge is -2.12. The van der Waals surface area contributed by atoms with Crippen LogP contribution in [0.2, 0.25) is 5.22 Å². The number of esters is 1. The summed E-state index contributed by atoms with van der Waals surface area (Å²) in [7, 11) is 1.20. The highest BCUT2D eigenvalue weighted by Gasteiger charge is 2.23. The molecule has 0 saturated carbocycles. The summed E-state index contributed by atoms with van der Waals surface area (Å²) in [5, 5.41) is 11.2. The lowest BCUT2D eigenvalue weighted by molar-refractivity contribution is -0.142. The van der Waals surface area contributed by atoms with E-state index in [0.29, 0.717) is 0 Å². The van der Waals surface area contributed by atoms with E-state index < -0.39 is 23.9 Å². The van der Waals surface area contributed by atoms with Crippen molar-refractivity contribution < 1.29 is 28.6 Å². The number of furan rings is 1. The van der Waals surface area contributed by atoms with Crippen LogP contribution in [0.1, 0.15) is 23.4 Å². The van der Waals surface area contributed by atoms with Crippen molar-refractivity contribution >= 4 is 29.4 Å². The van der Waals surface area contributed by atoms with Gasteiger partial charge in [-0.1, -0.05) is 0 Å². The maximum absolute atomic E-state index is 11.6. The molecule has 7 nitrogen and oxygen atoms in total. The first kappa shape index (κ1) is 15.0. The van der Waals surface area contributed by atoms with E-state index in [4.69, 9.17) is 21.1 Å². The summed E-state index contributed by atoms with van der Waals surface area (Å²) in [6, 6.07) is 1.47. The van der Waals surface area contributed by atoms with E-state index in [1.165, 1.54) is 19.2 Å². The zero-order chi connectivity index (χ0) is 14.4. The number of carboxylic acids is 1. The largest absolute Gasteiger partial charge is 0.480 e. The van der Waals surface area contributed by atoms with E-state index in [-0.39, 0.29) is 23.8 Å². The first-order valence-electron chi connectivity index (χ1n) is 5.30. The monoisotopic (exact) mass is 289 g/mol. The van der Waals surface area contributed by atoms with E-state index in [9.17, 15) is 14.4 Å². The van der Waals surface area contributed by atoms with Gasteiger partial charge in [0.05, 0.1) is 7.11 Å². The second-order valence-electron chi connectivity index (χ2n) is 3.58. The van der Waals surface area contributed by atoms with Gasteiger partial charge in [-0.15, -0.1) is 0 Å². The van der Waals surface area contributed by atoms with E-state index >= 15 is 0 Å². The lowest BCUT2D eigenvalue weighted by Crippen LogP contribution is -2.41. The molecule has 1 atom stereocenters. The fraction of sp³-hybridized carbons (Fsp3) is 0.364. The maximum atomic E-state index is 11.6. The highest BCUT2D eigenvalue weighted by atomic mass is 35.5. The van der Waals surface area contributed by atoms with Crippen molar-refractivity contribution in [3.8, 4) is 0 Å². The van der Waals surface area contributed by atoms with Crippen molar-refractivity contribution in [2.75, 3.05) is 7.11 Å². The Morgan fingerprint density at radius 2 is 2.16 bits per heavy atom. The minimum Gasteiger partial charge on any atom is -0.480 e. The molecule has 104 valence electrons. The van der Waals surface area contributed by atoms with Crippen LogP contribution in [0, 0.1) is 0 Å². The van der Waals surface area contributed by atoms with Crippen molar-refractivity contribution in [1.82, 2.24) is 5.32 Å². The Hall–Kier alpha value is -2.02. The highest BCUT2D eigenvalue weighted by molar-refractivity contribution is 6.29. The molecule has 0 fully saturated rings. The summed E-state index contributed by atoms with van der Waals surface area (Å²) >= 11 is 5.50. The molecule has 1 aromatic heterocycles. The van der Waals surface area contributed by atoms with Crippen molar-refractivity contribution in [2.45, 2.75) is 18.9 Å². The number of methoxy groups -OCH3 is 1. The fourth-order valence-corrected chi connectivity index (χ4v) is 1.43. The average molecular weight is 290 g/mol. The van der Waals surface area contributed by atoms with Gasteiger partial charge in [-0.2, -0.15) is 0 Å². The molecule has 0 aliphatic carbocycles. The van der Waals surface area contributed by atoms with Gasteiger partial charge in [0.25, 0.3) is 5.91 Å². The number of ether oxygens (including phenoxy) is 1. The summed E-state index contributed by atoms with van der Waals surface area (Å²) in [5.41, 5.74) is 0. The SMILES string of the molecule is COC(=O)CCC(NC(=O)c1ccc(Cl)o1)C(=O)O. The standard InChI is InChI=1S/C11H12ClNO6/c1-18-9(14)5-2-6(11(16)17)13-10(15)7-3-4-8(12)19-7/h3-4,6H,2,5H2,1H3,(H,13,15)(H,16,17). The fourth-order valence-electron chi connectivity index (χ4n) is 1.29. The predicted octanol–water partition coefficient (Wildman–Crippen LogP) is 1.07. The molecule has 0 saturated heterocycles. The molecule has 8 heteroatoms. The second kappa shape index (κ2) is 6.79. The van der Waals surface area contributed by atoms with Crippen molar-refractivity contribution in [3.63, 3.8) is 0 Å². The molecule has 0 aromatic carbocycles. The van der Waals surface area contributed by atoms with E-state index in [0.717, 1.165) is 0 Å². The van der Waals surface area contributed by atoms with Gasteiger partial charge in [-0.3, -0.25) is 9.59 Å². The molecular weight excluding hydrogens is 278 g/mol. The Labute approximate surface area is 113 Å². The van der Waals surface area contributed by atoms with Crippen LogP contribution >= 0.6 is 11.6 Å². The normalized spacial score (nSPS) is 11.7. The molecule has 1 unspecified atom stereocenters. The molecule has 1 rings (SSSR count). The molecule has 2 N–H and O–H groups in total. The van der Waals surface area contributed by atoms with E-state index in [1.807, 2.05) is 0 Å². The summed E-state index contributed by atoms with van der Waals surface area (Å²) in [5.74, 6) is -2.63. The zero-order valence-electron chi connectivity index (χ0n) is 10.0. The maximum Gasteiger partial charge on any atom is 0.326 e. The summed E-state index contributed by atoms with van der Waals surface area (Å²) < 4.78 is 9.23. The Morgan fingerprint density at radius 1 is 1.47 bits per heavy atom. The average Bonchev–Trinajstić information content (AvgIpc) is 2.80. The number of rotatable bonds is 6. The van der Waals surface area contributed by atoms with Gasteiger partial charge < -0.3 is 19.6 Å². The van der Waals surface area contributed by atoms with Crippen LogP contribution in [-0.4, -0.2) is 36.1 Å². The van der Waals surface area contributed by atoms with Gasteiger partial charge in [0, 0.05) is 6.42 Å². The van der Waals surface area contributed by atoms with E-state index in [2.05, 4.69) is 10.1 Å². The summed E-state index contributed by atoms with van der Waals surface area (Å²) in [4.78, 5) is 33.5. The number of amides is 1. The topological polar surface area (TPSA) is 106 Å². The molecule has 1 amide bonds. The van der Waals surface area contributed by atoms with Crippen molar-refractivity contribution in [3.05, 3.63) is 23.1 Å². The smallest absolute Gasteiger partial charge is 0.326 e. The van der Waals surface area contributed by atoms with Gasteiger partial charge in [-0.25, -0.2) is 4.79 Å². The Kier molecular flexibility index (Phi) is 5.37. The zero-order valence-corrected chi connectivity index (χ0v) is 10.8. The Morgan fingerprint density at radius 3 is 2.63 bits per heavy atom. The molecule has 0 bridgehead atoms. The summed E-state index contributed by atoms with van der Waals surface area (Å²) in [6.45, 7) is 0. The molecule has 1 aromatic rings. The molecule has 0 spiro atoms. The number of carbonyl (C=O) groups excluding carboxylic acids is 2. The highest BCUT2D eigenvalue weighted by Crippen LogP contribution is 2.13. The predicted molar refractivity (Wildman–Crippen MR) is 63.9 cm³/mol. The van der Waals surface area contributed by atoms with Crippen LogP contribution in [0.5, 0.6) is 0 Å². The first-order chi connectivity index (χ1) is 8.93.